The third-order valence-electron chi connectivity index (χ3n) is 0. The molecule has 0 rings (SSSR count). The molecule has 0 saturated carbocycles. The Morgan fingerprint density at radius 2 is 1.33 bits per heavy atom. The van der Waals surface area contributed by atoms with E-state index < -0.39 is 13.5 Å². The first kappa shape index (κ1) is 15.7. The van der Waals surface area contributed by atoms with Gasteiger partial charge in [-0.05, 0) is 0 Å². The predicted octanol–water partition coefficient (Wildman–Crippen LogP) is 2.51. The third-order valence-corrected chi connectivity index (χ3v) is 0. The maximum atomic E-state index is 5.07. The van der Waals surface area contributed by atoms with Crippen molar-refractivity contribution in [2.75, 3.05) is 0 Å². The molecule has 0 aliphatic heterocycles. The van der Waals surface area contributed by atoms with E-state index in [9.17, 15) is 0 Å². The maximum absolute atomic E-state index is 5.07. The van der Waals surface area contributed by atoms with Crippen molar-refractivity contribution in [3.05, 3.63) is 13.6 Å². The quantitative estimate of drug-likeness (QED) is 0.441. The number of hydrogen-bond acceptors (Lipinski definition) is 0. The van der Waals surface area contributed by atoms with Crippen molar-refractivity contribution in [3.63, 3.8) is 0 Å². The van der Waals surface area contributed by atoms with Crippen LogP contribution in [0.1, 0.15) is 0 Å². The van der Waals surface area contributed by atoms with E-state index in [4.69, 9.17) is 19.4 Å². The molecular formula is C2H7Cl2NRu-2. The first-order valence-electron chi connectivity index (χ1n) is 0.517. The smallest absolute Gasteiger partial charge is 0.358 e. The summed E-state index contributed by atoms with van der Waals surface area (Å²) in [6.07, 6.45) is 0. The summed E-state index contributed by atoms with van der Waals surface area (Å²) < 4.78 is 0. The second-order valence-corrected chi connectivity index (χ2v) is 6.04. The van der Waals surface area contributed by atoms with E-state index in [-0.39, 0.29) is 13.6 Å². The SMILES string of the molecule is [CH2]=[Ru]([Cl])[Cl].[CH3-].[NH2-]. The largest absolute Gasteiger partial charge is 0.693 e. The van der Waals surface area contributed by atoms with E-state index in [1.807, 2.05) is 0 Å². The van der Waals surface area contributed by atoms with Crippen LogP contribution in [0.2, 0.25) is 0 Å². The summed E-state index contributed by atoms with van der Waals surface area (Å²) in [4.78, 5) is 0. The van der Waals surface area contributed by atoms with E-state index >= 15 is 0 Å². The number of hydrogen-bond donors (Lipinski definition) is 0. The Hall–Kier alpha value is 1.03. The summed E-state index contributed by atoms with van der Waals surface area (Å²) in [5.74, 6) is 0. The molecule has 0 radical (unpaired) electrons. The summed E-state index contributed by atoms with van der Waals surface area (Å²) in [5.41, 5.74) is 0. The average molecular weight is 217 g/mol. The van der Waals surface area contributed by atoms with Crippen LogP contribution in [0.15, 0.2) is 0 Å². The molecule has 0 unspecified atom stereocenters. The van der Waals surface area contributed by atoms with Crippen molar-refractivity contribution in [1.29, 1.82) is 0 Å². The number of halogens is 2. The van der Waals surface area contributed by atoms with E-state index in [1.54, 1.807) is 0 Å². The molecule has 6 heavy (non-hydrogen) atoms. The molecule has 0 spiro atoms. The van der Waals surface area contributed by atoms with Gasteiger partial charge in [-0.1, -0.05) is 0 Å². The van der Waals surface area contributed by atoms with Gasteiger partial charge in [-0.15, -0.1) is 0 Å². The molecule has 0 bridgehead atoms. The van der Waals surface area contributed by atoms with Gasteiger partial charge in [0.05, 0.1) is 0 Å². The van der Waals surface area contributed by atoms with Crippen LogP contribution < -0.4 is 0 Å². The molecule has 0 heterocycles. The summed E-state index contributed by atoms with van der Waals surface area (Å²) in [5, 5.41) is 3.31. The molecule has 0 atom stereocenters. The van der Waals surface area contributed by atoms with Crippen molar-refractivity contribution < 1.29 is 13.5 Å². The van der Waals surface area contributed by atoms with Gasteiger partial charge >= 0.3 is 38.0 Å². The summed E-state index contributed by atoms with van der Waals surface area (Å²) >= 11 is -1.48. The molecule has 0 aromatic heterocycles. The molecule has 2 N–H and O–H groups in total. The van der Waals surface area contributed by atoms with Gasteiger partial charge in [-0.3, -0.25) is 0 Å². The van der Waals surface area contributed by atoms with Crippen molar-refractivity contribution in [2.24, 2.45) is 0 Å². The van der Waals surface area contributed by atoms with Crippen molar-refractivity contribution in [2.45, 2.75) is 0 Å². The first-order chi connectivity index (χ1) is 1.73. The molecule has 0 fully saturated rings. The molecule has 0 aromatic carbocycles. The zero-order valence-electron chi connectivity index (χ0n) is 3.39. The molecule has 4 heteroatoms. The van der Waals surface area contributed by atoms with Gasteiger partial charge < -0.3 is 13.6 Å². The van der Waals surface area contributed by atoms with Gasteiger partial charge in [-0.25, -0.2) is 0 Å². The summed E-state index contributed by atoms with van der Waals surface area (Å²) in [6.45, 7) is 0. The van der Waals surface area contributed by atoms with Gasteiger partial charge in [0.2, 0.25) is 0 Å². The maximum Gasteiger partial charge on any atom is -0.358 e. The second kappa shape index (κ2) is 9.40. The van der Waals surface area contributed by atoms with Crippen LogP contribution in [0, 0.1) is 7.43 Å². The fourth-order valence-electron chi connectivity index (χ4n) is 0. The van der Waals surface area contributed by atoms with Crippen molar-refractivity contribution in [3.8, 4) is 0 Å². The predicted molar refractivity (Wildman–Crippen MR) is 30.5 cm³/mol. The Morgan fingerprint density at radius 1 is 1.33 bits per heavy atom. The van der Waals surface area contributed by atoms with E-state index in [0.717, 1.165) is 0 Å². The topological polar surface area (TPSA) is 33.5 Å². The number of nitrogens with two attached hydrogens (primary N) is 1. The molecule has 0 saturated heterocycles. The minimum atomic E-state index is -1.48. The average Bonchev–Trinajstić information content (AvgIpc) is 0.811. The van der Waals surface area contributed by atoms with Gasteiger partial charge in [0.1, 0.15) is 0 Å². The van der Waals surface area contributed by atoms with Crippen LogP contribution in [0.3, 0.4) is 0 Å². The minimum Gasteiger partial charge on any atom is -0.693 e. The molecule has 0 aromatic rings. The zero-order valence-corrected chi connectivity index (χ0v) is 6.64. The molecule has 0 aliphatic carbocycles. The Labute approximate surface area is 51.7 Å². The standard InChI is InChI=1S/CH3.CH2.2ClH.H2N.Ru/h1H3;1H2;2*1H;1H2;/q-1;;;;-1;+2/p-2. The van der Waals surface area contributed by atoms with Crippen LogP contribution >= 0.6 is 19.4 Å². The van der Waals surface area contributed by atoms with Crippen LogP contribution in [0.5, 0.6) is 0 Å². The number of rotatable bonds is 0. The minimum absolute atomic E-state index is 0. The van der Waals surface area contributed by atoms with E-state index in [0.29, 0.717) is 0 Å². The van der Waals surface area contributed by atoms with Crippen LogP contribution in [0.4, 0.5) is 0 Å². The van der Waals surface area contributed by atoms with Crippen molar-refractivity contribution in [1.82, 2.24) is 0 Å². The zero-order chi connectivity index (χ0) is 3.58. The Kier molecular flexibility index (Phi) is 24.6. The summed E-state index contributed by atoms with van der Waals surface area (Å²) in [7, 11) is 10.1. The Balaban J connectivity index is -0.0000000450. The third kappa shape index (κ3) is 76.7. The van der Waals surface area contributed by atoms with Gasteiger partial charge in [-0.2, -0.15) is 0 Å². The second-order valence-electron chi connectivity index (χ2n) is 0.239. The van der Waals surface area contributed by atoms with Gasteiger partial charge in [0.15, 0.2) is 0 Å². The van der Waals surface area contributed by atoms with Gasteiger partial charge in [0, 0.05) is 0 Å². The Bertz CT molecular complexity index is 34.5. The fraction of sp³-hybridized carbons (Fsp3) is 0. The van der Waals surface area contributed by atoms with E-state index in [2.05, 4.69) is 5.11 Å². The molecule has 0 aliphatic rings. The Morgan fingerprint density at radius 3 is 1.33 bits per heavy atom. The monoisotopic (exact) mass is 217 g/mol. The first-order valence-corrected chi connectivity index (χ1v) is 6.22. The molecular weight excluding hydrogens is 210 g/mol. The molecule has 44 valence electrons. The normalized spacial score (nSPS) is 7.33. The van der Waals surface area contributed by atoms with E-state index in [1.165, 1.54) is 0 Å². The summed E-state index contributed by atoms with van der Waals surface area (Å²) in [6, 6.07) is 0. The van der Waals surface area contributed by atoms with Crippen LogP contribution in [-0.4, -0.2) is 5.11 Å². The molecule has 0 amide bonds. The van der Waals surface area contributed by atoms with Crippen molar-refractivity contribution >= 4 is 24.5 Å². The molecule has 1 nitrogen and oxygen atoms in total. The van der Waals surface area contributed by atoms with Crippen LogP contribution in [-0.2, 0) is 13.5 Å². The van der Waals surface area contributed by atoms with Crippen LogP contribution in [0.25, 0.3) is 6.15 Å². The fourth-order valence-corrected chi connectivity index (χ4v) is 0. The van der Waals surface area contributed by atoms with Gasteiger partial charge in [0.25, 0.3) is 0 Å².